The molecule has 5 heteroatoms. The molecule has 0 aromatic carbocycles. The Kier molecular flexibility index (Phi) is 1.44. The van der Waals surface area contributed by atoms with Crippen molar-refractivity contribution in [1.82, 2.24) is 4.90 Å². The van der Waals surface area contributed by atoms with E-state index in [1.54, 1.807) is 0 Å². The van der Waals surface area contributed by atoms with Gasteiger partial charge in [0.2, 0.25) is 0 Å². The number of rotatable bonds is 0. The van der Waals surface area contributed by atoms with Crippen molar-refractivity contribution in [2.24, 2.45) is 4.99 Å². The average Bonchev–Trinajstić information content (AvgIpc) is 2.08. The molecule has 9 heavy (non-hydrogen) atoms. The Hall–Kier alpha value is -0.580. The Morgan fingerprint density at radius 1 is 1.44 bits per heavy atom. The van der Waals surface area contributed by atoms with Gasteiger partial charge in [0, 0.05) is 12.8 Å². The minimum atomic E-state index is -4.21. The van der Waals surface area contributed by atoms with Crippen molar-refractivity contribution in [3.05, 3.63) is 0 Å². The molecule has 0 fully saturated rings. The van der Waals surface area contributed by atoms with E-state index in [0.29, 0.717) is 4.90 Å². The van der Waals surface area contributed by atoms with Crippen LogP contribution in [0.4, 0.5) is 13.2 Å². The van der Waals surface area contributed by atoms with Crippen LogP contribution in [-0.2, 0) is 0 Å². The molecule has 0 N–H and O–H groups in total. The van der Waals surface area contributed by atoms with E-state index in [-0.39, 0.29) is 13.2 Å². The van der Waals surface area contributed by atoms with Crippen molar-refractivity contribution in [1.29, 1.82) is 0 Å². The molecule has 0 atom stereocenters. The third kappa shape index (κ3) is 1.41. The number of halogens is 3. The lowest BCUT2D eigenvalue weighted by atomic mass is 10.7. The zero-order valence-corrected chi connectivity index (χ0v) is 4.52. The molecule has 1 rings (SSSR count). The van der Waals surface area contributed by atoms with Crippen LogP contribution in [0.3, 0.4) is 0 Å². The highest BCUT2D eigenvalue weighted by molar-refractivity contribution is 5.61. The maximum atomic E-state index is 11.6. The summed E-state index contributed by atoms with van der Waals surface area (Å²) in [6.07, 6.45) is -2.95. The fourth-order valence-electron chi connectivity index (χ4n) is 0.554. The lowest BCUT2D eigenvalue weighted by Gasteiger charge is -2.16. The minimum absolute atomic E-state index is 0.108. The summed E-state index contributed by atoms with van der Waals surface area (Å²) in [5.41, 5.74) is 0. The first-order chi connectivity index (χ1) is 4.11. The van der Waals surface area contributed by atoms with E-state index in [9.17, 15) is 13.2 Å². The first-order valence-corrected chi connectivity index (χ1v) is 2.41. The molecule has 0 aromatic rings. The number of alkyl halides is 3. The summed E-state index contributed by atoms with van der Waals surface area (Å²) in [4.78, 5) is 3.74. The van der Waals surface area contributed by atoms with Crippen LogP contribution < -0.4 is 0 Å². The summed E-state index contributed by atoms with van der Waals surface area (Å²) in [6.45, 7) is -0.354. The maximum Gasteiger partial charge on any atom is 0.461 e. The maximum absolute atomic E-state index is 11.6. The molecule has 0 spiro atoms. The minimum Gasteiger partial charge on any atom is -0.280 e. The molecule has 0 saturated heterocycles. The number of nitrogens with zero attached hydrogens (tertiary/aromatic N) is 2. The summed E-state index contributed by atoms with van der Waals surface area (Å²) >= 11 is 0. The van der Waals surface area contributed by atoms with E-state index in [2.05, 4.69) is 4.99 Å². The van der Waals surface area contributed by atoms with E-state index in [4.69, 9.17) is 0 Å². The summed E-state index contributed by atoms with van der Waals surface area (Å²) in [6, 6.07) is 0. The second-order valence-corrected chi connectivity index (χ2v) is 1.70. The standard InChI is InChI=1S/C4H5F3N2/c5-4(6,7)9-2-1-8-3-9/h1H,2-3H2. The third-order valence-corrected chi connectivity index (χ3v) is 1.04. The van der Waals surface area contributed by atoms with Gasteiger partial charge in [0.15, 0.2) is 0 Å². The summed E-state index contributed by atoms with van der Waals surface area (Å²) in [5.74, 6) is 0. The molecular formula is C4H5F3N2. The number of hydrogen-bond donors (Lipinski definition) is 0. The SMILES string of the molecule is FC(F)(F)N1CC=NC1. The summed E-state index contributed by atoms with van der Waals surface area (Å²) in [7, 11) is 0. The second kappa shape index (κ2) is 1.98. The van der Waals surface area contributed by atoms with E-state index in [1.165, 1.54) is 6.21 Å². The van der Waals surface area contributed by atoms with Gasteiger partial charge < -0.3 is 0 Å². The number of hydrogen-bond acceptors (Lipinski definition) is 2. The Morgan fingerprint density at radius 3 is 2.33 bits per heavy atom. The van der Waals surface area contributed by atoms with Crippen LogP contribution in [0.2, 0.25) is 0 Å². The van der Waals surface area contributed by atoms with Crippen molar-refractivity contribution in [3.8, 4) is 0 Å². The average molecular weight is 138 g/mol. The first kappa shape index (κ1) is 6.54. The predicted molar refractivity (Wildman–Crippen MR) is 26.1 cm³/mol. The van der Waals surface area contributed by atoms with Gasteiger partial charge in [0.05, 0.1) is 6.67 Å². The van der Waals surface area contributed by atoms with Crippen LogP contribution in [0.25, 0.3) is 0 Å². The van der Waals surface area contributed by atoms with Crippen LogP contribution >= 0.6 is 0 Å². The molecule has 1 heterocycles. The Balaban J connectivity index is 2.46. The molecular weight excluding hydrogens is 133 g/mol. The molecule has 0 amide bonds. The van der Waals surface area contributed by atoms with Gasteiger partial charge in [0.1, 0.15) is 0 Å². The van der Waals surface area contributed by atoms with Crippen molar-refractivity contribution in [3.63, 3.8) is 0 Å². The van der Waals surface area contributed by atoms with Gasteiger partial charge in [-0.25, -0.2) is 0 Å². The van der Waals surface area contributed by atoms with Crippen molar-refractivity contribution < 1.29 is 13.2 Å². The van der Waals surface area contributed by atoms with E-state index in [1.807, 2.05) is 0 Å². The molecule has 0 aromatic heterocycles. The van der Waals surface area contributed by atoms with Crippen molar-refractivity contribution in [2.75, 3.05) is 13.2 Å². The topological polar surface area (TPSA) is 15.6 Å². The molecule has 1 aliphatic rings. The Bertz CT molecular complexity index is 120. The predicted octanol–water partition coefficient (Wildman–Crippen LogP) is 0.850. The fraction of sp³-hybridized carbons (Fsp3) is 0.750. The van der Waals surface area contributed by atoms with Gasteiger partial charge in [0.25, 0.3) is 0 Å². The van der Waals surface area contributed by atoms with Gasteiger partial charge in [-0.15, -0.1) is 0 Å². The lowest BCUT2D eigenvalue weighted by molar-refractivity contribution is -0.237. The molecule has 2 nitrogen and oxygen atoms in total. The largest absolute Gasteiger partial charge is 0.461 e. The monoisotopic (exact) mass is 138 g/mol. The molecule has 0 radical (unpaired) electrons. The molecule has 1 aliphatic heterocycles. The highest BCUT2D eigenvalue weighted by Crippen LogP contribution is 2.21. The normalized spacial score (nSPS) is 21.2. The third-order valence-electron chi connectivity index (χ3n) is 1.04. The molecule has 0 bridgehead atoms. The van der Waals surface area contributed by atoms with Gasteiger partial charge in [-0.1, -0.05) is 0 Å². The highest BCUT2D eigenvalue weighted by Gasteiger charge is 2.37. The molecule has 0 unspecified atom stereocenters. The van der Waals surface area contributed by atoms with Crippen molar-refractivity contribution in [2.45, 2.75) is 6.30 Å². The van der Waals surface area contributed by atoms with Crippen LogP contribution in [0.1, 0.15) is 0 Å². The van der Waals surface area contributed by atoms with Gasteiger partial charge in [-0.05, 0) is 0 Å². The molecule has 52 valence electrons. The quantitative estimate of drug-likeness (QED) is 0.453. The zero-order valence-electron chi connectivity index (χ0n) is 4.52. The van der Waals surface area contributed by atoms with Gasteiger partial charge >= 0.3 is 6.30 Å². The van der Waals surface area contributed by atoms with Gasteiger partial charge in [-0.2, -0.15) is 18.1 Å². The lowest BCUT2D eigenvalue weighted by Crippen LogP contribution is -2.35. The fourth-order valence-corrected chi connectivity index (χ4v) is 0.554. The van der Waals surface area contributed by atoms with Crippen molar-refractivity contribution >= 4 is 6.21 Å². The van der Waals surface area contributed by atoms with Crippen LogP contribution in [0, 0.1) is 0 Å². The molecule has 0 aliphatic carbocycles. The molecule has 0 saturated carbocycles. The summed E-state index contributed by atoms with van der Waals surface area (Å²) in [5, 5.41) is 0. The zero-order chi connectivity index (χ0) is 6.91. The number of aliphatic imine (C=N–C) groups is 1. The second-order valence-electron chi connectivity index (χ2n) is 1.70. The van der Waals surface area contributed by atoms with E-state index < -0.39 is 6.30 Å². The summed E-state index contributed by atoms with van der Waals surface area (Å²) < 4.78 is 34.8. The Labute approximate surface area is 50.0 Å². The smallest absolute Gasteiger partial charge is 0.280 e. The Morgan fingerprint density at radius 2 is 2.11 bits per heavy atom. The van der Waals surface area contributed by atoms with Crippen LogP contribution in [0.15, 0.2) is 4.99 Å². The van der Waals surface area contributed by atoms with Crippen LogP contribution in [-0.4, -0.2) is 30.6 Å². The highest BCUT2D eigenvalue weighted by atomic mass is 19.4. The van der Waals surface area contributed by atoms with Crippen LogP contribution in [0.5, 0.6) is 0 Å². The van der Waals surface area contributed by atoms with E-state index >= 15 is 0 Å². The van der Waals surface area contributed by atoms with Gasteiger partial charge in [-0.3, -0.25) is 4.99 Å². The van der Waals surface area contributed by atoms with E-state index in [0.717, 1.165) is 0 Å². The first-order valence-electron chi connectivity index (χ1n) is 2.41.